The van der Waals surface area contributed by atoms with E-state index in [1.54, 1.807) is 13.3 Å². The van der Waals surface area contributed by atoms with Crippen LogP contribution in [-0.2, 0) is 4.43 Å². The van der Waals surface area contributed by atoms with E-state index in [4.69, 9.17) is 4.43 Å². The van der Waals surface area contributed by atoms with Crippen molar-refractivity contribution in [2.24, 2.45) is 0 Å². The van der Waals surface area contributed by atoms with E-state index in [9.17, 15) is 0 Å². The Hall–Kier alpha value is 0.556. The average Bonchev–Trinajstić information content (AvgIpc) is 2.51. The Kier molecular flexibility index (Phi) is 12.3. The van der Waals surface area contributed by atoms with E-state index in [2.05, 4.69) is 67.0 Å². The molecule has 0 aliphatic heterocycles. The maximum atomic E-state index is 6.29. The molecule has 0 unspecified atom stereocenters. The van der Waals surface area contributed by atoms with Gasteiger partial charge in [-0.25, -0.2) is 0 Å². The maximum absolute atomic E-state index is 6.29. The molecule has 0 aromatic carbocycles. The van der Waals surface area contributed by atoms with Crippen LogP contribution in [0.3, 0.4) is 0 Å². The molecule has 0 aliphatic carbocycles. The summed E-state index contributed by atoms with van der Waals surface area (Å²) in [6.45, 7) is 18.7. The van der Waals surface area contributed by atoms with E-state index in [1.807, 2.05) is 0 Å². The Balaban J connectivity index is 4.91. The number of rotatable bonds is 13. The molecule has 0 radical (unpaired) electrons. The summed E-state index contributed by atoms with van der Waals surface area (Å²) in [5.41, 5.74) is 0. The molecule has 0 amide bonds. The van der Waals surface area contributed by atoms with Gasteiger partial charge in [0.25, 0.3) is 0 Å². The SMILES string of the molecule is CCC[CH2][Sn]([CH2]/C=C/O[Si](C)(C)C(C)(C)C)([CH2]CCC)[CH2]CCC. The Morgan fingerprint density at radius 3 is 1.58 bits per heavy atom. The van der Waals surface area contributed by atoms with Crippen molar-refractivity contribution in [1.29, 1.82) is 0 Å². The van der Waals surface area contributed by atoms with Gasteiger partial charge in [0.2, 0.25) is 0 Å². The van der Waals surface area contributed by atoms with Gasteiger partial charge < -0.3 is 0 Å². The average molecular weight is 461 g/mol. The molecule has 3 heteroatoms. The van der Waals surface area contributed by atoms with Crippen molar-refractivity contribution in [3.63, 3.8) is 0 Å². The molecule has 0 fully saturated rings. The Morgan fingerprint density at radius 1 is 0.833 bits per heavy atom. The van der Waals surface area contributed by atoms with Crippen molar-refractivity contribution in [1.82, 2.24) is 0 Å². The third-order valence-corrected chi connectivity index (χ3v) is 25.6. The van der Waals surface area contributed by atoms with Crippen LogP contribution in [0.15, 0.2) is 12.3 Å². The molecule has 0 aromatic heterocycles. The van der Waals surface area contributed by atoms with Gasteiger partial charge in [0.15, 0.2) is 0 Å². The van der Waals surface area contributed by atoms with Gasteiger partial charge >= 0.3 is 159 Å². The van der Waals surface area contributed by atoms with Crippen LogP contribution >= 0.6 is 0 Å². The molecule has 0 saturated heterocycles. The van der Waals surface area contributed by atoms with Gasteiger partial charge in [0.1, 0.15) is 0 Å². The summed E-state index contributed by atoms with van der Waals surface area (Å²) in [5.74, 6) is 0. The topological polar surface area (TPSA) is 9.23 Å². The zero-order chi connectivity index (χ0) is 18.7. The van der Waals surface area contributed by atoms with Crippen LogP contribution in [0.5, 0.6) is 0 Å². The number of hydrogen-bond donors (Lipinski definition) is 0. The molecular formula is C21H46OSiSn. The van der Waals surface area contributed by atoms with Crippen molar-refractivity contribution in [3.8, 4) is 0 Å². The molecule has 0 atom stereocenters. The Morgan fingerprint density at radius 2 is 1.25 bits per heavy atom. The fourth-order valence-electron chi connectivity index (χ4n) is 3.03. The molecule has 0 aliphatic rings. The van der Waals surface area contributed by atoms with Crippen LogP contribution in [0.1, 0.15) is 80.1 Å². The van der Waals surface area contributed by atoms with Gasteiger partial charge in [-0.15, -0.1) is 0 Å². The van der Waals surface area contributed by atoms with Crippen LogP contribution in [0, 0.1) is 0 Å². The van der Waals surface area contributed by atoms with Crippen LogP contribution in [0.25, 0.3) is 0 Å². The van der Waals surface area contributed by atoms with E-state index < -0.39 is 26.7 Å². The first-order valence-electron chi connectivity index (χ1n) is 10.5. The van der Waals surface area contributed by atoms with Crippen LogP contribution in [-0.4, -0.2) is 26.7 Å². The fourth-order valence-corrected chi connectivity index (χ4v) is 18.9. The minimum absolute atomic E-state index is 0.296. The van der Waals surface area contributed by atoms with Crippen LogP contribution in [0.2, 0.25) is 35.9 Å². The van der Waals surface area contributed by atoms with E-state index in [1.165, 1.54) is 43.0 Å². The van der Waals surface area contributed by atoms with Gasteiger partial charge in [-0.2, -0.15) is 0 Å². The molecule has 0 heterocycles. The molecule has 0 rings (SSSR count). The third-order valence-electron chi connectivity index (χ3n) is 6.00. The molecule has 0 aromatic rings. The van der Waals surface area contributed by atoms with Crippen LogP contribution in [0.4, 0.5) is 0 Å². The van der Waals surface area contributed by atoms with Gasteiger partial charge in [0.05, 0.1) is 0 Å². The third kappa shape index (κ3) is 9.31. The molecular weight excluding hydrogens is 415 g/mol. The van der Waals surface area contributed by atoms with E-state index in [0.717, 1.165) is 0 Å². The summed E-state index contributed by atoms with van der Waals surface area (Å²) >= 11 is -2.00. The summed E-state index contributed by atoms with van der Waals surface area (Å²) in [5, 5.41) is 0.296. The summed E-state index contributed by atoms with van der Waals surface area (Å²) in [7, 11) is -1.64. The molecule has 144 valence electrons. The Labute approximate surface area is 159 Å². The standard InChI is InChI=1S/C9H19OSi.3C4H9.Sn/c1-7-8-10-11(5,6)9(2,3)4;3*1-3-4-2;/h7-8H,1H2,2-6H3;3*1,3-4H2,2H3;/b8-7+;;;;. The summed E-state index contributed by atoms with van der Waals surface area (Å²) in [4.78, 5) is 0. The zero-order valence-electron chi connectivity index (χ0n) is 18.1. The van der Waals surface area contributed by atoms with Gasteiger partial charge in [0, 0.05) is 0 Å². The second-order valence-electron chi connectivity index (χ2n) is 9.26. The predicted molar refractivity (Wildman–Crippen MR) is 117 cm³/mol. The first-order chi connectivity index (χ1) is 11.1. The van der Waals surface area contributed by atoms with Crippen molar-refractivity contribution < 1.29 is 4.43 Å². The molecule has 0 spiro atoms. The predicted octanol–water partition coefficient (Wildman–Crippen LogP) is 8.37. The summed E-state index contributed by atoms with van der Waals surface area (Å²) in [6.07, 6.45) is 13.0. The first-order valence-corrected chi connectivity index (χ1v) is 21.4. The quantitative estimate of drug-likeness (QED) is 0.198. The van der Waals surface area contributed by atoms with Crippen molar-refractivity contribution in [3.05, 3.63) is 12.3 Å². The molecule has 0 N–H and O–H groups in total. The fraction of sp³-hybridized carbons (Fsp3) is 0.905. The summed E-state index contributed by atoms with van der Waals surface area (Å²) in [6, 6.07) is 0. The van der Waals surface area contributed by atoms with E-state index in [0.29, 0.717) is 5.04 Å². The number of hydrogen-bond acceptors (Lipinski definition) is 1. The van der Waals surface area contributed by atoms with Gasteiger partial charge in [-0.3, -0.25) is 0 Å². The zero-order valence-corrected chi connectivity index (χ0v) is 22.0. The normalized spacial score (nSPS) is 13.7. The Bertz CT molecular complexity index is 322. The van der Waals surface area contributed by atoms with Crippen molar-refractivity contribution >= 4 is 26.7 Å². The van der Waals surface area contributed by atoms with E-state index >= 15 is 0 Å². The van der Waals surface area contributed by atoms with Crippen LogP contribution < -0.4 is 0 Å². The van der Waals surface area contributed by atoms with Gasteiger partial charge in [-0.05, 0) is 0 Å². The second kappa shape index (κ2) is 12.0. The molecule has 24 heavy (non-hydrogen) atoms. The minimum atomic E-state index is -2.00. The van der Waals surface area contributed by atoms with E-state index in [-0.39, 0.29) is 0 Å². The molecule has 0 saturated carbocycles. The number of allylic oxidation sites excluding steroid dienone is 1. The number of unbranched alkanes of at least 4 members (excludes halogenated alkanes) is 3. The summed E-state index contributed by atoms with van der Waals surface area (Å²) < 4.78 is 12.5. The monoisotopic (exact) mass is 462 g/mol. The molecule has 0 bridgehead atoms. The van der Waals surface area contributed by atoms with Gasteiger partial charge in [-0.1, -0.05) is 0 Å². The molecule has 1 nitrogen and oxygen atoms in total. The van der Waals surface area contributed by atoms with Crippen molar-refractivity contribution in [2.75, 3.05) is 0 Å². The first kappa shape index (κ1) is 24.6. The van der Waals surface area contributed by atoms with Crippen molar-refractivity contribution in [2.45, 2.75) is 116 Å². The second-order valence-corrected chi connectivity index (χ2v) is 28.0.